The summed E-state index contributed by atoms with van der Waals surface area (Å²) in [6.45, 7) is 7.63. The van der Waals surface area contributed by atoms with Gasteiger partial charge in [0.1, 0.15) is 0 Å². The molecule has 0 bridgehead atoms. The average Bonchev–Trinajstić information content (AvgIpc) is 2.42. The lowest BCUT2D eigenvalue weighted by atomic mass is 9.88. The molecule has 1 unspecified atom stereocenters. The molecule has 1 rings (SSSR count). The van der Waals surface area contributed by atoms with Gasteiger partial charge in [0.25, 0.3) is 0 Å². The summed E-state index contributed by atoms with van der Waals surface area (Å²) in [5, 5.41) is 0. The molecule has 0 spiro atoms. The van der Waals surface area contributed by atoms with Gasteiger partial charge in [-0.15, -0.1) is 0 Å². The molecule has 4 heteroatoms. The van der Waals surface area contributed by atoms with E-state index in [-0.39, 0.29) is 5.91 Å². The van der Waals surface area contributed by atoms with Crippen LogP contribution in [0.25, 0.3) is 0 Å². The Hall–Kier alpha value is -1.42. The first-order chi connectivity index (χ1) is 9.93. The maximum absolute atomic E-state index is 12.2. The van der Waals surface area contributed by atoms with Crippen molar-refractivity contribution in [1.82, 2.24) is 9.88 Å². The summed E-state index contributed by atoms with van der Waals surface area (Å²) in [7, 11) is 1.85. The monoisotopic (exact) mass is 291 g/mol. The van der Waals surface area contributed by atoms with E-state index in [1.165, 1.54) is 0 Å². The number of rotatable bonds is 8. The van der Waals surface area contributed by atoms with Gasteiger partial charge in [0, 0.05) is 19.2 Å². The zero-order valence-corrected chi connectivity index (χ0v) is 13.8. The first kappa shape index (κ1) is 17.6. The van der Waals surface area contributed by atoms with Gasteiger partial charge < -0.3 is 10.6 Å². The number of amides is 1. The Morgan fingerprint density at radius 3 is 2.62 bits per heavy atom. The molecule has 2 N–H and O–H groups in total. The molecule has 21 heavy (non-hydrogen) atoms. The Morgan fingerprint density at radius 2 is 2.05 bits per heavy atom. The SMILES string of the molecule is Cc1cccc(CN(C)C(=O)CCC(CCN)C(C)C)n1. The predicted octanol–water partition coefficient (Wildman–Crippen LogP) is 2.75. The van der Waals surface area contributed by atoms with Crippen LogP contribution in [0.1, 0.15) is 44.5 Å². The molecule has 0 aliphatic rings. The highest BCUT2D eigenvalue weighted by atomic mass is 16.2. The minimum Gasteiger partial charge on any atom is -0.340 e. The van der Waals surface area contributed by atoms with Gasteiger partial charge in [-0.2, -0.15) is 0 Å². The van der Waals surface area contributed by atoms with Crippen LogP contribution in [0.3, 0.4) is 0 Å². The third kappa shape index (κ3) is 6.25. The van der Waals surface area contributed by atoms with E-state index in [4.69, 9.17) is 5.73 Å². The summed E-state index contributed by atoms with van der Waals surface area (Å²) in [5.74, 6) is 1.29. The Bertz CT molecular complexity index is 445. The molecule has 0 fully saturated rings. The Kier molecular flexibility index (Phi) is 7.37. The van der Waals surface area contributed by atoms with Gasteiger partial charge in [-0.3, -0.25) is 9.78 Å². The summed E-state index contributed by atoms with van der Waals surface area (Å²) >= 11 is 0. The van der Waals surface area contributed by atoms with E-state index in [0.29, 0.717) is 31.3 Å². The van der Waals surface area contributed by atoms with Crippen molar-refractivity contribution in [3.8, 4) is 0 Å². The number of carbonyl (C=O) groups excluding carboxylic acids is 1. The number of aromatic nitrogens is 1. The lowest BCUT2D eigenvalue weighted by Crippen LogP contribution is -2.27. The van der Waals surface area contributed by atoms with Crippen LogP contribution in [0.15, 0.2) is 18.2 Å². The van der Waals surface area contributed by atoms with Crippen LogP contribution >= 0.6 is 0 Å². The molecule has 0 aromatic carbocycles. The minimum absolute atomic E-state index is 0.181. The predicted molar refractivity (Wildman–Crippen MR) is 86.7 cm³/mol. The van der Waals surface area contributed by atoms with Crippen LogP contribution in [0.4, 0.5) is 0 Å². The molecular weight excluding hydrogens is 262 g/mol. The number of pyridine rings is 1. The molecule has 1 heterocycles. The topological polar surface area (TPSA) is 59.2 Å². The van der Waals surface area contributed by atoms with Crippen molar-refractivity contribution in [2.75, 3.05) is 13.6 Å². The maximum Gasteiger partial charge on any atom is 0.222 e. The highest BCUT2D eigenvalue weighted by Gasteiger charge is 2.16. The first-order valence-corrected chi connectivity index (χ1v) is 7.80. The van der Waals surface area contributed by atoms with E-state index in [9.17, 15) is 4.79 Å². The van der Waals surface area contributed by atoms with E-state index >= 15 is 0 Å². The average molecular weight is 291 g/mol. The van der Waals surface area contributed by atoms with E-state index in [1.54, 1.807) is 4.90 Å². The number of hydrogen-bond acceptors (Lipinski definition) is 3. The molecule has 0 saturated heterocycles. The second-order valence-electron chi connectivity index (χ2n) is 6.14. The van der Waals surface area contributed by atoms with Gasteiger partial charge >= 0.3 is 0 Å². The van der Waals surface area contributed by atoms with Crippen molar-refractivity contribution >= 4 is 5.91 Å². The summed E-state index contributed by atoms with van der Waals surface area (Å²) in [4.78, 5) is 18.4. The molecule has 1 amide bonds. The summed E-state index contributed by atoms with van der Waals surface area (Å²) in [6.07, 6.45) is 2.50. The van der Waals surface area contributed by atoms with Crippen molar-refractivity contribution in [2.24, 2.45) is 17.6 Å². The fraction of sp³-hybridized carbons (Fsp3) is 0.647. The fourth-order valence-corrected chi connectivity index (χ4v) is 2.54. The van der Waals surface area contributed by atoms with Crippen LogP contribution in [0.2, 0.25) is 0 Å². The molecule has 1 atom stereocenters. The van der Waals surface area contributed by atoms with Gasteiger partial charge in [0.2, 0.25) is 5.91 Å². The van der Waals surface area contributed by atoms with E-state index in [2.05, 4.69) is 18.8 Å². The zero-order chi connectivity index (χ0) is 15.8. The highest BCUT2D eigenvalue weighted by molar-refractivity contribution is 5.75. The van der Waals surface area contributed by atoms with Gasteiger partial charge in [0.05, 0.1) is 12.2 Å². The number of nitrogens with zero attached hydrogens (tertiary/aromatic N) is 2. The van der Waals surface area contributed by atoms with Gasteiger partial charge in [0.15, 0.2) is 0 Å². The second kappa shape index (κ2) is 8.78. The molecule has 0 aliphatic carbocycles. The quantitative estimate of drug-likeness (QED) is 0.801. The second-order valence-corrected chi connectivity index (χ2v) is 6.14. The van der Waals surface area contributed by atoms with Crippen LogP contribution in [-0.4, -0.2) is 29.4 Å². The standard InChI is InChI=1S/C17H29N3O/c1-13(2)15(10-11-18)8-9-17(21)20(4)12-16-7-5-6-14(3)19-16/h5-7,13,15H,8-12,18H2,1-4H3. The summed E-state index contributed by atoms with van der Waals surface area (Å²) < 4.78 is 0. The van der Waals surface area contributed by atoms with Gasteiger partial charge in [-0.1, -0.05) is 19.9 Å². The number of aryl methyl sites for hydroxylation is 1. The van der Waals surface area contributed by atoms with Crippen LogP contribution < -0.4 is 5.73 Å². The normalized spacial score (nSPS) is 12.5. The minimum atomic E-state index is 0.181. The molecule has 0 saturated carbocycles. The van der Waals surface area contributed by atoms with Gasteiger partial charge in [-0.25, -0.2) is 0 Å². The smallest absolute Gasteiger partial charge is 0.222 e. The van der Waals surface area contributed by atoms with Crippen LogP contribution in [0.5, 0.6) is 0 Å². The van der Waals surface area contributed by atoms with E-state index in [0.717, 1.165) is 24.2 Å². The molecule has 1 aromatic rings. The molecule has 0 aliphatic heterocycles. The molecule has 4 nitrogen and oxygen atoms in total. The third-order valence-electron chi connectivity index (χ3n) is 3.98. The molecule has 1 aromatic heterocycles. The largest absolute Gasteiger partial charge is 0.340 e. The van der Waals surface area contributed by atoms with Crippen molar-refractivity contribution in [2.45, 2.75) is 46.6 Å². The molecule has 0 radical (unpaired) electrons. The van der Waals surface area contributed by atoms with E-state index in [1.807, 2.05) is 32.2 Å². The maximum atomic E-state index is 12.2. The Labute approximate surface area is 128 Å². The van der Waals surface area contributed by atoms with Crippen molar-refractivity contribution in [3.05, 3.63) is 29.6 Å². The number of hydrogen-bond donors (Lipinski definition) is 1. The van der Waals surface area contributed by atoms with Crippen molar-refractivity contribution in [3.63, 3.8) is 0 Å². The lowest BCUT2D eigenvalue weighted by Gasteiger charge is -2.22. The first-order valence-electron chi connectivity index (χ1n) is 7.80. The molecule has 118 valence electrons. The number of nitrogens with two attached hydrogens (primary N) is 1. The highest BCUT2D eigenvalue weighted by Crippen LogP contribution is 2.21. The Morgan fingerprint density at radius 1 is 1.33 bits per heavy atom. The van der Waals surface area contributed by atoms with Crippen LogP contribution in [0, 0.1) is 18.8 Å². The zero-order valence-electron chi connectivity index (χ0n) is 13.8. The summed E-state index contributed by atoms with van der Waals surface area (Å²) in [6, 6.07) is 5.90. The van der Waals surface area contributed by atoms with E-state index < -0.39 is 0 Å². The van der Waals surface area contributed by atoms with Crippen LogP contribution in [-0.2, 0) is 11.3 Å². The number of carbonyl (C=O) groups is 1. The van der Waals surface area contributed by atoms with Crippen molar-refractivity contribution < 1.29 is 4.79 Å². The third-order valence-corrected chi connectivity index (χ3v) is 3.98. The van der Waals surface area contributed by atoms with Gasteiger partial charge in [-0.05, 0) is 50.3 Å². The molecular formula is C17H29N3O. The van der Waals surface area contributed by atoms with Crippen molar-refractivity contribution in [1.29, 1.82) is 0 Å². The summed E-state index contributed by atoms with van der Waals surface area (Å²) in [5.41, 5.74) is 7.57. The Balaban J connectivity index is 2.47. The lowest BCUT2D eigenvalue weighted by molar-refractivity contribution is -0.130. The fourth-order valence-electron chi connectivity index (χ4n) is 2.54.